The van der Waals surface area contributed by atoms with Gasteiger partial charge in [-0.3, -0.25) is 0 Å². The molecule has 0 fully saturated rings. The minimum atomic E-state index is -0.282. The van der Waals surface area contributed by atoms with Crippen molar-refractivity contribution < 1.29 is 9.84 Å². The topological polar surface area (TPSA) is 29.5 Å². The van der Waals surface area contributed by atoms with E-state index in [1.165, 1.54) is 5.56 Å². The second-order valence-electron chi connectivity index (χ2n) is 3.94. The van der Waals surface area contributed by atoms with Crippen LogP contribution in [-0.2, 0) is 6.42 Å². The van der Waals surface area contributed by atoms with Crippen LogP contribution in [0.1, 0.15) is 37.0 Å². The molecular weight excluding hydrogens is 200 g/mol. The zero-order chi connectivity index (χ0) is 11.4. The summed E-state index contributed by atoms with van der Waals surface area (Å²) in [5.41, 5.74) is 2.27. The van der Waals surface area contributed by atoms with Crippen molar-refractivity contribution in [2.24, 2.45) is 0 Å². The Morgan fingerprint density at radius 3 is 3.19 bits per heavy atom. The molecule has 0 saturated carbocycles. The van der Waals surface area contributed by atoms with Gasteiger partial charge in [0, 0.05) is 6.42 Å². The van der Waals surface area contributed by atoms with Crippen molar-refractivity contribution in [3.8, 4) is 17.6 Å². The van der Waals surface area contributed by atoms with Crippen LogP contribution >= 0.6 is 0 Å². The summed E-state index contributed by atoms with van der Waals surface area (Å²) in [7, 11) is 0. The smallest absolute Gasteiger partial charge is 0.119 e. The lowest BCUT2D eigenvalue weighted by molar-refractivity contribution is 0.180. The average Bonchev–Trinajstić information content (AvgIpc) is 2.66. The number of ether oxygens (including phenoxy) is 1. The molecule has 2 nitrogen and oxygen atoms in total. The van der Waals surface area contributed by atoms with Crippen LogP contribution < -0.4 is 4.74 Å². The van der Waals surface area contributed by atoms with Crippen LogP contribution in [0, 0.1) is 11.8 Å². The summed E-state index contributed by atoms with van der Waals surface area (Å²) >= 11 is 0. The molecule has 2 rings (SSSR count). The summed E-state index contributed by atoms with van der Waals surface area (Å²) < 4.78 is 5.58. The van der Waals surface area contributed by atoms with Crippen LogP contribution in [0.4, 0.5) is 0 Å². The van der Waals surface area contributed by atoms with Crippen LogP contribution in [0.2, 0.25) is 0 Å². The van der Waals surface area contributed by atoms with Gasteiger partial charge >= 0.3 is 0 Å². The second kappa shape index (κ2) is 5.05. The molecule has 84 valence electrons. The van der Waals surface area contributed by atoms with Gasteiger partial charge < -0.3 is 9.84 Å². The van der Waals surface area contributed by atoms with Gasteiger partial charge in [0.2, 0.25) is 0 Å². The lowest BCUT2D eigenvalue weighted by Crippen LogP contribution is -1.97. The summed E-state index contributed by atoms with van der Waals surface area (Å²) in [4.78, 5) is 0. The Bertz CT molecular complexity index is 426. The third kappa shape index (κ3) is 2.37. The SMILES string of the molecule is CC#CCCOc1ccc2c(c1)CC[C@@H]2O. The van der Waals surface area contributed by atoms with E-state index in [1.807, 2.05) is 25.1 Å². The van der Waals surface area contributed by atoms with Crippen molar-refractivity contribution in [2.75, 3.05) is 6.61 Å². The molecule has 1 N–H and O–H groups in total. The molecule has 1 aromatic carbocycles. The Kier molecular flexibility index (Phi) is 3.48. The zero-order valence-electron chi connectivity index (χ0n) is 9.49. The molecule has 0 bridgehead atoms. The van der Waals surface area contributed by atoms with E-state index >= 15 is 0 Å². The van der Waals surface area contributed by atoms with E-state index in [2.05, 4.69) is 11.8 Å². The highest BCUT2D eigenvalue weighted by molar-refractivity contribution is 5.39. The van der Waals surface area contributed by atoms with E-state index in [1.54, 1.807) is 0 Å². The zero-order valence-corrected chi connectivity index (χ0v) is 9.49. The first-order chi connectivity index (χ1) is 7.81. The van der Waals surface area contributed by atoms with E-state index in [9.17, 15) is 5.11 Å². The fourth-order valence-electron chi connectivity index (χ4n) is 2.01. The maximum absolute atomic E-state index is 9.66. The van der Waals surface area contributed by atoms with Gasteiger partial charge in [0.25, 0.3) is 0 Å². The molecule has 16 heavy (non-hydrogen) atoms. The number of aryl methyl sites for hydroxylation is 1. The molecule has 1 aromatic rings. The fraction of sp³-hybridized carbons (Fsp3) is 0.429. The van der Waals surface area contributed by atoms with Crippen molar-refractivity contribution in [1.29, 1.82) is 0 Å². The molecule has 0 radical (unpaired) electrons. The lowest BCUT2D eigenvalue weighted by atomic mass is 10.1. The summed E-state index contributed by atoms with van der Waals surface area (Å²) in [6.07, 6.45) is 2.26. The first-order valence-corrected chi connectivity index (χ1v) is 5.64. The van der Waals surface area contributed by atoms with E-state index in [0.717, 1.165) is 30.6 Å². The highest BCUT2D eigenvalue weighted by atomic mass is 16.5. The predicted molar refractivity (Wildman–Crippen MR) is 63.3 cm³/mol. The molecule has 1 aliphatic rings. The highest BCUT2D eigenvalue weighted by Gasteiger charge is 2.20. The highest BCUT2D eigenvalue weighted by Crippen LogP contribution is 2.33. The first-order valence-electron chi connectivity index (χ1n) is 5.64. The Morgan fingerprint density at radius 1 is 1.50 bits per heavy atom. The van der Waals surface area contributed by atoms with Crippen molar-refractivity contribution in [3.63, 3.8) is 0 Å². The number of fused-ring (bicyclic) bond motifs is 1. The number of aliphatic hydroxyl groups excluding tert-OH is 1. The van der Waals surface area contributed by atoms with Gasteiger partial charge in [-0.1, -0.05) is 6.07 Å². The molecule has 0 heterocycles. The summed E-state index contributed by atoms with van der Waals surface area (Å²) in [6, 6.07) is 5.92. The van der Waals surface area contributed by atoms with Gasteiger partial charge in [0.15, 0.2) is 0 Å². The number of rotatable bonds is 3. The number of benzene rings is 1. The van der Waals surface area contributed by atoms with Gasteiger partial charge in [-0.2, -0.15) is 0 Å². The van der Waals surface area contributed by atoms with Crippen LogP contribution in [0.25, 0.3) is 0 Å². The molecule has 1 aliphatic carbocycles. The molecule has 1 atom stereocenters. The van der Waals surface area contributed by atoms with E-state index in [0.29, 0.717) is 6.61 Å². The lowest BCUT2D eigenvalue weighted by Gasteiger charge is -2.07. The Morgan fingerprint density at radius 2 is 2.38 bits per heavy atom. The van der Waals surface area contributed by atoms with Crippen molar-refractivity contribution in [2.45, 2.75) is 32.3 Å². The standard InChI is InChI=1S/C14H16O2/c1-2-3-4-9-16-12-6-7-13-11(10-12)5-8-14(13)15/h6-7,10,14-15H,4-5,8-9H2,1H3/t14-/m0/s1. The summed E-state index contributed by atoms with van der Waals surface area (Å²) in [5.74, 6) is 6.68. The van der Waals surface area contributed by atoms with Gasteiger partial charge in [-0.15, -0.1) is 11.8 Å². The molecular formula is C14H16O2. The molecule has 2 heteroatoms. The van der Waals surface area contributed by atoms with Gasteiger partial charge in [0.1, 0.15) is 5.75 Å². The van der Waals surface area contributed by atoms with E-state index in [-0.39, 0.29) is 6.10 Å². The second-order valence-corrected chi connectivity index (χ2v) is 3.94. The van der Waals surface area contributed by atoms with Crippen molar-refractivity contribution in [1.82, 2.24) is 0 Å². The van der Waals surface area contributed by atoms with Crippen LogP contribution in [0.15, 0.2) is 18.2 Å². The number of aliphatic hydroxyl groups is 1. The molecule has 0 unspecified atom stereocenters. The minimum Gasteiger partial charge on any atom is -0.493 e. The molecule has 0 amide bonds. The number of hydrogen-bond donors (Lipinski definition) is 1. The molecule has 0 aromatic heterocycles. The minimum absolute atomic E-state index is 0.282. The third-order valence-corrected chi connectivity index (χ3v) is 2.83. The monoisotopic (exact) mass is 216 g/mol. The molecule has 0 saturated heterocycles. The maximum Gasteiger partial charge on any atom is 0.119 e. The summed E-state index contributed by atoms with van der Waals surface area (Å²) in [6.45, 7) is 2.46. The van der Waals surface area contributed by atoms with Crippen molar-refractivity contribution in [3.05, 3.63) is 29.3 Å². The maximum atomic E-state index is 9.66. The van der Waals surface area contributed by atoms with E-state index < -0.39 is 0 Å². The Balaban J connectivity index is 1.98. The normalized spacial score (nSPS) is 17.5. The van der Waals surface area contributed by atoms with Gasteiger partial charge in [-0.05, 0) is 43.0 Å². The quantitative estimate of drug-likeness (QED) is 0.621. The van der Waals surface area contributed by atoms with Crippen molar-refractivity contribution >= 4 is 0 Å². The van der Waals surface area contributed by atoms with Crippen LogP contribution in [0.5, 0.6) is 5.75 Å². The van der Waals surface area contributed by atoms with Gasteiger partial charge in [-0.25, -0.2) is 0 Å². The Hall–Kier alpha value is -1.46. The average molecular weight is 216 g/mol. The predicted octanol–water partition coefficient (Wildman–Crippen LogP) is 2.46. The molecule has 0 aliphatic heterocycles. The first kappa shape index (κ1) is 11.0. The van der Waals surface area contributed by atoms with E-state index in [4.69, 9.17) is 4.74 Å². The van der Waals surface area contributed by atoms with Gasteiger partial charge in [0.05, 0.1) is 12.7 Å². The molecule has 0 spiro atoms. The Labute approximate surface area is 96.3 Å². The summed E-state index contributed by atoms with van der Waals surface area (Å²) in [5, 5.41) is 9.66. The fourth-order valence-corrected chi connectivity index (χ4v) is 2.01. The number of hydrogen-bond acceptors (Lipinski definition) is 2. The largest absolute Gasteiger partial charge is 0.493 e. The van der Waals surface area contributed by atoms with Crippen LogP contribution in [0.3, 0.4) is 0 Å². The third-order valence-electron chi connectivity index (χ3n) is 2.83. The van der Waals surface area contributed by atoms with Crippen LogP contribution in [-0.4, -0.2) is 11.7 Å².